The highest BCUT2D eigenvalue weighted by atomic mass is 16.5. The summed E-state index contributed by atoms with van der Waals surface area (Å²) in [5.41, 5.74) is 0. The molecule has 1 aromatic rings. The maximum atomic E-state index is 9.41. The second-order valence-electron chi connectivity index (χ2n) is 3.92. The van der Waals surface area contributed by atoms with E-state index in [9.17, 15) is 5.11 Å². The van der Waals surface area contributed by atoms with Crippen molar-refractivity contribution in [1.29, 1.82) is 0 Å². The smallest absolute Gasteiger partial charge is 0.165 e. The maximum Gasteiger partial charge on any atom is 0.165 e. The van der Waals surface area contributed by atoms with Crippen molar-refractivity contribution in [3.63, 3.8) is 0 Å². The van der Waals surface area contributed by atoms with E-state index in [1.807, 2.05) is 0 Å². The molecule has 1 aliphatic heterocycles. The number of hydrogen-bond acceptors (Lipinski definition) is 4. The zero-order valence-electron chi connectivity index (χ0n) is 9.40. The molecule has 0 saturated carbocycles. The van der Waals surface area contributed by atoms with Crippen LogP contribution in [0, 0.1) is 0 Å². The van der Waals surface area contributed by atoms with Crippen molar-refractivity contribution in [2.24, 2.45) is 0 Å². The first-order chi connectivity index (χ1) is 7.79. The molecule has 1 fully saturated rings. The van der Waals surface area contributed by atoms with E-state index in [0.717, 1.165) is 25.9 Å². The summed E-state index contributed by atoms with van der Waals surface area (Å²) in [5, 5.41) is 12.7. The third-order valence-electron chi connectivity index (χ3n) is 2.69. The molecule has 4 heteroatoms. The van der Waals surface area contributed by atoms with Crippen molar-refractivity contribution in [1.82, 2.24) is 5.32 Å². The van der Waals surface area contributed by atoms with Gasteiger partial charge < -0.3 is 19.9 Å². The zero-order chi connectivity index (χ0) is 11.4. The molecule has 1 heterocycles. The van der Waals surface area contributed by atoms with Crippen LogP contribution in [-0.2, 0) is 0 Å². The van der Waals surface area contributed by atoms with Gasteiger partial charge in [-0.2, -0.15) is 0 Å². The monoisotopic (exact) mass is 223 g/mol. The van der Waals surface area contributed by atoms with E-state index < -0.39 is 0 Å². The lowest BCUT2D eigenvalue weighted by atomic mass is 10.1. The third-order valence-corrected chi connectivity index (χ3v) is 2.69. The van der Waals surface area contributed by atoms with Gasteiger partial charge in [0.2, 0.25) is 0 Å². The highest BCUT2D eigenvalue weighted by molar-refractivity contribution is 5.45. The third kappa shape index (κ3) is 2.58. The summed E-state index contributed by atoms with van der Waals surface area (Å²) in [6.07, 6.45) is 2.31. The van der Waals surface area contributed by atoms with Crippen LogP contribution >= 0.6 is 0 Å². The minimum Gasteiger partial charge on any atom is -0.508 e. The lowest BCUT2D eigenvalue weighted by Gasteiger charge is -2.24. The summed E-state index contributed by atoms with van der Waals surface area (Å²) in [7, 11) is 1.60. The molecule has 0 radical (unpaired) electrons. The molecule has 0 amide bonds. The van der Waals surface area contributed by atoms with Gasteiger partial charge in [-0.1, -0.05) is 0 Å². The van der Waals surface area contributed by atoms with Crippen LogP contribution in [0.2, 0.25) is 0 Å². The van der Waals surface area contributed by atoms with Crippen LogP contribution in [0.15, 0.2) is 18.2 Å². The van der Waals surface area contributed by atoms with Gasteiger partial charge in [0.15, 0.2) is 11.5 Å². The molecule has 16 heavy (non-hydrogen) atoms. The van der Waals surface area contributed by atoms with E-state index in [4.69, 9.17) is 9.47 Å². The average molecular weight is 223 g/mol. The van der Waals surface area contributed by atoms with Gasteiger partial charge >= 0.3 is 0 Å². The molecule has 0 aliphatic carbocycles. The molecular weight excluding hydrogens is 206 g/mol. The zero-order valence-corrected chi connectivity index (χ0v) is 9.40. The fraction of sp³-hybridized carbons (Fsp3) is 0.500. The number of aromatic hydroxyl groups is 1. The number of phenols is 1. The summed E-state index contributed by atoms with van der Waals surface area (Å²) in [6.45, 7) is 1.90. The standard InChI is InChI=1S/C12H17NO3/c1-15-11-5-4-9(14)7-12(11)16-10-3-2-6-13-8-10/h4-5,7,10,13-14H,2-3,6,8H2,1H3. The lowest BCUT2D eigenvalue weighted by molar-refractivity contribution is 0.160. The SMILES string of the molecule is COc1ccc(O)cc1OC1CCCNC1. The van der Waals surface area contributed by atoms with Crippen molar-refractivity contribution in [3.05, 3.63) is 18.2 Å². The number of rotatable bonds is 3. The molecular formula is C12H17NO3. The molecule has 1 aromatic carbocycles. The number of phenolic OH excluding ortho intramolecular Hbond substituents is 1. The van der Waals surface area contributed by atoms with Crippen LogP contribution in [0.25, 0.3) is 0 Å². The first-order valence-corrected chi connectivity index (χ1v) is 5.54. The summed E-state index contributed by atoms with van der Waals surface area (Å²) in [6, 6.07) is 4.89. The normalized spacial score (nSPS) is 20.4. The Morgan fingerprint density at radius 3 is 2.94 bits per heavy atom. The molecule has 0 bridgehead atoms. The summed E-state index contributed by atoms with van der Waals surface area (Å²) >= 11 is 0. The Balaban J connectivity index is 2.09. The van der Waals surface area contributed by atoms with Gasteiger partial charge in [0.25, 0.3) is 0 Å². The van der Waals surface area contributed by atoms with Crippen LogP contribution in [0.4, 0.5) is 0 Å². The number of ether oxygens (including phenoxy) is 2. The number of benzene rings is 1. The number of methoxy groups -OCH3 is 1. The van der Waals surface area contributed by atoms with E-state index in [-0.39, 0.29) is 11.9 Å². The maximum absolute atomic E-state index is 9.41. The van der Waals surface area contributed by atoms with Gasteiger partial charge in [0.05, 0.1) is 7.11 Å². The number of hydrogen-bond donors (Lipinski definition) is 2. The second kappa shape index (κ2) is 5.07. The van der Waals surface area contributed by atoms with Gasteiger partial charge in [-0.25, -0.2) is 0 Å². The molecule has 1 atom stereocenters. The Morgan fingerprint density at radius 1 is 1.38 bits per heavy atom. The van der Waals surface area contributed by atoms with Gasteiger partial charge in [0, 0.05) is 12.6 Å². The number of piperidine rings is 1. The minimum atomic E-state index is 0.157. The van der Waals surface area contributed by atoms with Crippen molar-refractivity contribution < 1.29 is 14.6 Å². The molecule has 0 aromatic heterocycles. The molecule has 1 saturated heterocycles. The first kappa shape index (κ1) is 11.1. The Kier molecular flexibility index (Phi) is 3.51. The van der Waals surface area contributed by atoms with Crippen LogP contribution in [0.1, 0.15) is 12.8 Å². The lowest BCUT2D eigenvalue weighted by Crippen LogP contribution is -2.37. The fourth-order valence-corrected chi connectivity index (χ4v) is 1.86. The highest BCUT2D eigenvalue weighted by Crippen LogP contribution is 2.32. The Labute approximate surface area is 95.2 Å². The van der Waals surface area contributed by atoms with Crippen LogP contribution < -0.4 is 14.8 Å². The molecule has 4 nitrogen and oxygen atoms in total. The molecule has 88 valence electrons. The summed E-state index contributed by atoms with van der Waals surface area (Å²) < 4.78 is 11.0. The van der Waals surface area contributed by atoms with Crippen molar-refractivity contribution in [2.75, 3.05) is 20.2 Å². The van der Waals surface area contributed by atoms with Crippen molar-refractivity contribution in [2.45, 2.75) is 18.9 Å². The van der Waals surface area contributed by atoms with Gasteiger partial charge in [0.1, 0.15) is 11.9 Å². The molecule has 2 rings (SSSR count). The van der Waals surface area contributed by atoms with E-state index in [1.165, 1.54) is 0 Å². The molecule has 0 spiro atoms. The summed E-state index contributed by atoms with van der Waals surface area (Å²) in [5.74, 6) is 1.46. The molecule has 1 aliphatic rings. The predicted molar refractivity (Wildman–Crippen MR) is 61.2 cm³/mol. The van der Waals surface area contributed by atoms with Crippen LogP contribution in [0.3, 0.4) is 0 Å². The van der Waals surface area contributed by atoms with Gasteiger partial charge in [-0.3, -0.25) is 0 Å². The highest BCUT2D eigenvalue weighted by Gasteiger charge is 2.16. The second-order valence-corrected chi connectivity index (χ2v) is 3.92. The fourth-order valence-electron chi connectivity index (χ4n) is 1.86. The van der Waals surface area contributed by atoms with Crippen molar-refractivity contribution >= 4 is 0 Å². The molecule has 1 unspecified atom stereocenters. The topological polar surface area (TPSA) is 50.7 Å². The van der Waals surface area contributed by atoms with E-state index in [0.29, 0.717) is 11.5 Å². The Morgan fingerprint density at radius 2 is 2.25 bits per heavy atom. The average Bonchev–Trinajstić information content (AvgIpc) is 2.31. The predicted octanol–water partition coefficient (Wildman–Crippen LogP) is 1.53. The van der Waals surface area contributed by atoms with Gasteiger partial charge in [-0.15, -0.1) is 0 Å². The van der Waals surface area contributed by atoms with E-state index >= 15 is 0 Å². The molecule has 2 N–H and O–H groups in total. The Hall–Kier alpha value is -1.42. The minimum absolute atomic E-state index is 0.157. The first-order valence-electron chi connectivity index (χ1n) is 5.54. The van der Waals surface area contributed by atoms with E-state index in [2.05, 4.69) is 5.32 Å². The van der Waals surface area contributed by atoms with E-state index in [1.54, 1.807) is 25.3 Å². The largest absolute Gasteiger partial charge is 0.508 e. The number of nitrogens with one attached hydrogen (secondary N) is 1. The van der Waals surface area contributed by atoms with Crippen LogP contribution in [-0.4, -0.2) is 31.4 Å². The Bertz CT molecular complexity index is 348. The van der Waals surface area contributed by atoms with Crippen LogP contribution in [0.5, 0.6) is 17.2 Å². The van der Waals surface area contributed by atoms with Crippen molar-refractivity contribution in [3.8, 4) is 17.2 Å². The van der Waals surface area contributed by atoms with Gasteiger partial charge in [-0.05, 0) is 31.5 Å². The summed E-state index contributed by atoms with van der Waals surface area (Å²) in [4.78, 5) is 0. The quantitative estimate of drug-likeness (QED) is 0.816.